The lowest BCUT2D eigenvalue weighted by Gasteiger charge is -2.14. The van der Waals surface area contributed by atoms with Crippen molar-refractivity contribution < 1.29 is 18.3 Å². The zero-order chi connectivity index (χ0) is 19.4. The van der Waals surface area contributed by atoms with Gasteiger partial charge in [-0.3, -0.25) is 4.79 Å². The zero-order valence-electron chi connectivity index (χ0n) is 14.0. The molecule has 1 atom stereocenters. The Bertz CT molecular complexity index is 1010. The van der Waals surface area contributed by atoms with Crippen LogP contribution in [0.3, 0.4) is 0 Å². The first-order chi connectivity index (χ1) is 12.8. The standard InChI is InChI=1S/C19H16ClNO4S2/c20-15-7-3-13(4-8-15)14-5-9-17(10-6-14)27(24,25)21-18(19(22)23)12-16-2-1-11-26-16/h1-11,18,21H,12H2,(H,22,23)/t18-/m1/s1. The van der Waals surface area contributed by atoms with Crippen molar-refractivity contribution in [3.63, 3.8) is 0 Å². The lowest BCUT2D eigenvalue weighted by molar-refractivity contribution is -0.138. The van der Waals surface area contributed by atoms with E-state index in [1.807, 2.05) is 17.5 Å². The van der Waals surface area contributed by atoms with Crippen LogP contribution in [0.25, 0.3) is 11.1 Å². The second-order valence-electron chi connectivity index (χ2n) is 5.83. The Balaban J connectivity index is 1.79. The van der Waals surface area contributed by atoms with Gasteiger partial charge in [0, 0.05) is 16.3 Å². The minimum atomic E-state index is -3.96. The summed E-state index contributed by atoms with van der Waals surface area (Å²) in [6.07, 6.45) is 0.0923. The fourth-order valence-corrected chi connectivity index (χ4v) is 4.60. The minimum absolute atomic E-state index is 0.0117. The highest BCUT2D eigenvalue weighted by molar-refractivity contribution is 7.89. The van der Waals surface area contributed by atoms with E-state index < -0.39 is 22.0 Å². The summed E-state index contributed by atoms with van der Waals surface area (Å²) < 4.78 is 27.4. The molecule has 1 heterocycles. The number of thiophene rings is 1. The summed E-state index contributed by atoms with van der Waals surface area (Å²) in [4.78, 5) is 12.3. The first kappa shape index (κ1) is 19.6. The number of benzene rings is 2. The van der Waals surface area contributed by atoms with E-state index in [0.717, 1.165) is 16.0 Å². The van der Waals surface area contributed by atoms with Crippen LogP contribution in [0.15, 0.2) is 70.9 Å². The Morgan fingerprint density at radius 3 is 2.15 bits per heavy atom. The van der Waals surface area contributed by atoms with Gasteiger partial charge in [-0.05, 0) is 46.8 Å². The molecular formula is C19H16ClNO4S2. The summed E-state index contributed by atoms with van der Waals surface area (Å²) in [7, 11) is -3.96. The van der Waals surface area contributed by atoms with E-state index in [1.54, 1.807) is 36.4 Å². The molecule has 0 unspecified atom stereocenters. The lowest BCUT2D eigenvalue weighted by Crippen LogP contribution is -2.42. The van der Waals surface area contributed by atoms with Crippen LogP contribution < -0.4 is 4.72 Å². The molecule has 3 aromatic rings. The molecular weight excluding hydrogens is 406 g/mol. The van der Waals surface area contributed by atoms with Crippen LogP contribution in [-0.4, -0.2) is 25.5 Å². The van der Waals surface area contributed by atoms with Crippen LogP contribution in [0.1, 0.15) is 4.88 Å². The topological polar surface area (TPSA) is 83.5 Å². The first-order valence-corrected chi connectivity index (χ1v) is 10.7. The summed E-state index contributed by atoms with van der Waals surface area (Å²) in [6, 6.07) is 15.8. The molecule has 2 aromatic carbocycles. The maximum absolute atomic E-state index is 12.6. The zero-order valence-corrected chi connectivity index (χ0v) is 16.4. The van der Waals surface area contributed by atoms with Crippen molar-refractivity contribution in [1.82, 2.24) is 4.72 Å². The van der Waals surface area contributed by atoms with E-state index in [9.17, 15) is 18.3 Å². The average molecular weight is 422 g/mol. The van der Waals surface area contributed by atoms with Crippen LogP contribution in [-0.2, 0) is 21.2 Å². The molecule has 2 N–H and O–H groups in total. The van der Waals surface area contributed by atoms with Gasteiger partial charge in [0.2, 0.25) is 10.0 Å². The van der Waals surface area contributed by atoms with Gasteiger partial charge in [0.1, 0.15) is 6.04 Å². The molecule has 8 heteroatoms. The predicted octanol–water partition coefficient (Wildman–Crippen LogP) is 4.04. The van der Waals surface area contributed by atoms with Gasteiger partial charge in [-0.2, -0.15) is 4.72 Å². The fraction of sp³-hybridized carbons (Fsp3) is 0.105. The molecule has 0 saturated carbocycles. The molecule has 3 rings (SSSR count). The maximum Gasteiger partial charge on any atom is 0.322 e. The van der Waals surface area contributed by atoms with Crippen LogP contribution in [0, 0.1) is 0 Å². The molecule has 0 spiro atoms. The molecule has 0 radical (unpaired) electrons. The molecule has 0 bridgehead atoms. The minimum Gasteiger partial charge on any atom is -0.480 e. The van der Waals surface area contributed by atoms with Crippen LogP contribution in [0.5, 0.6) is 0 Å². The second kappa shape index (κ2) is 8.22. The second-order valence-corrected chi connectivity index (χ2v) is 9.01. The highest BCUT2D eigenvalue weighted by Gasteiger charge is 2.26. The van der Waals surface area contributed by atoms with Crippen LogP contribution in [0.4, 0.5) is 0 Å². The van der Waals surface area contributed by atoms with Gasteiger partial charge >= 0.3 is 5.97 Å². The maximum atomic E-state index is 12.6. The first-order valence-electron chi connectivity index (χ1n) is 7.99. The number of carbonyl (C=O) groups is 1. The number of hydrogen-bond acceptors (Lipinski definition) is 4. The third-order valence-electron chi connectivity index (χ3n) is 3.92. The Hall–Kier alpha value is -2.19. The Kier molecular flexibility index (Phi) is 5.96. The molecule has 5 nitrogen and oxygen atoms in total. The molecule has 0 aliphatic carbocycles. The van der Waals surface area contributed by atoms with Gasteiger partial charge in [-0.1, -0.05) is 41.9 Å². The summed E-state index contributed by atoms with van der Waals surface area (Å²) in [6.45, 7) is 0. The van der Waals surface area contributed by atoms with Crippen molar-refractivity contribution in [2.75, 3.05) is 0 Å². The quantitative estimate of drug-likeness (QED) is 0.603. The molecule has 140 valence electrons. The van der Waals surface area contributed by atoms with Gasteiger partial charge < -0.3 is 5.11 Å². The van der Waals surface area contributed by atoms with E-state index in [1.165, 1.54) is 23.5 Å². The summed E-state index contributed by atoms with van der Waals surface area (Å²) >= 11 is 7.26. The Morgan fingerprint density at radius 2 is 1.63 bits per heavy atom. The molecule has 0 aliphatic rings. The SMILES string of the molecule is O=C(O)[C@@H](Cc1cccs1)NS(=O)(=O)c1ccc(-c2ccc(Cl)cc2)cc1. The summed E-state index contributed by atoms with van der Waals surface area (Å²) in [5, 5.41) is 11.8. The highest BCUT2D eigenvalue weighted by atomic mass is 35.5. The van der Waals surface area contributed by atoms with Gasteiger partial charge in [0.15, 0.2) is 0 Å². The van der Waals surface area contributed by atoms with Crippen molar-refractivity contribution >= 4 is 38.9 Å². The van der Waals surface area contributed by atoms with Crippen molar-refractivity contribution in [3.8, 4) is 11.1 Å². The number of rotatable bonds is 7. The smallest absolute Gasteiger partial charge is 0.322 e. The van der Waals surface area contributed by atoms with Gasteiger partial charge in [-0.15, -0.1) is 11.3 Å². The average Bonchev–Trinajstić information content (AvgIpc) is 3.15. The molecule has 0 aliphatic heterocycles. The number of carboxylic acid groups (broad SMARTS) is 1. The third-order valence-corrected chi connectivity index (χ3v) is 6.56. The number of aliphatic carboxylic acids is 1. The molecule has 27 heavy (non-hydrogen) atoms. The van der Waals surface area contributed by atoms with Crippen LogP contribution >= 0.6 is 22.9 Å². The Labute approximate surface area is 166 Å². The van der Waals surface area contributed by atoms with E-state index in [0.29, 0.717) is 5.02 Å². The summed E-state index contributed by atoms with van der Waals surface area (Å²) in [5.74, 6) is -1.22. The van der Waals surface area contributed by atoms with Gasteiger partial charge in [0.25, 0.3) is 0 Å². The fourth-order valence-electron chi connectivity index (χ4n) is 2.53. The van der Waals surface area contributed by atoms with Crippen molar-refractivity contribution in [2.45, 2.75) is 17.4 Å². The Morgan fingerprint density at radius 1 is 1.04 bits per heavy atom. The monoisotopic (exact) mass is 421 g/mol. The van der Waals surface area contributed by atoms with Gasteiger partial charge in [0.05, 0.1) is 4.90 Å². The lowest BCUT2D eigenvalue weighted by atomic mass is 10.1. The van der Waals surface area contributed by atoms with Crippen molar-refractivity contribution in [3.05, 3.63) is 75.9 Å². The van der Waals surface area contributed by atoms with E-state index in [4.69, 9.17) is 11.6 Å². The van der Waals surface area contributed by atoms with Crippen LogP contribution in [0.2, 0.25) is 5.02 Å². The van der Waals surface area contributed by atoms with E-state index >= 15 is 0 Å². The number of hydrogen-bond donors (Lipinski definition) is 2. The summed E-state index contributed by atoms with van der Waals surface area (Å²) in [5.41, 5.74) is 1.73. The number of carboxylic acids is 1. The number of halogens is 1. The van der Waals surface area contributed by atoms with E-state index in [-0.39, 0.29) is 11.3 Å². The number of sulfonamides is 1. The molecule has 0 amide bonds. The largest absolute Gasteiger partial charge is 0.480 e. The third kappa shape index (κ3) is 4.95. The van der Waals surface area contributed by atoms with E-state index in [2.05, 4.69) is 4.72 Å². The van der Waals surface area contributed by atoms with Crippen molar-refractivity contribution in [2.24, 2.45) is 0 Å². The number of nitrogens with one attached hydrogen (secondary N) is 1. The van der Waals surface area contributed by atoms with Crippen molar-refractivity contribution in [1.29, 1.82) is 0 Å². The highest BCUT2D eigenvalue weighted by Crippen LogP contribution is 2.23. The molecule has 1 aromatic heterocycles. The normalized spacial score (nSPS) is 12.6. The van der Waals surface area contributed by atoms with Gasteiger partial charge in [-0.25, -0.2) is 8.42 Å². The predicted molar refractivity (Wildman–Crippen MR) is 107 cm³/mol. The molecule has 0 saturated heterocycles. The molecule has 0 fully saturated rings.